The molecular formula is C12H17NO2. The van der Waals surface area contributed by atoms with Crippen molar-refractivity contribution < 1.29 is 9.59 Å². The lowest BCUT2D eigenvalue weighted by Crippen LogP contribution is -2.43. The molecule has 1 saturated carbocycles. The molecule has 2 amide bonds. The number of carbonyl (C=O) groups excluding carboxylic acids is 2. The molecule has 0 N–H and O–H groups in total. The van der Waals surface area contributed by atoms with E-state index in [-0.39, 0.29) is 17.9 Å². The molecule has 82 valence electrons. The molecule has 0 spiro atoms. The number of amides is 2. The second-order valence-electron chi connectivity index (χ2n) is 4.56. The number of imide groups is 1. The van der Waals surface area contributed by atoms with Gasteiger partial charge in [-0.1, -0.05) is 26.2 Å². The van der Waals surface area contributed by atoms with Crippen molar-refractivity contribution in [3.8, 4) is 0 Å². The molecule has 1 aliphatic heterocycles. The van der Waals surface area contributed by atoms with Gasteiger partial charge in [-0.25, -0.2) is 0 Å². The van der Waals surface area contributed by atoms with Gasteiger partial charge < -0.3 is 0 Å². The summed E-state index contributed by atoms with van der Waals surface area (Å²) in [6, 6.07) is 0.127. The van der Waals surface area contributed by atoms with Crippen LogP contribution < -0.4 is 0 Å². The molecule has 3 nitrogen and oxygen atoms in total. The van der Waals surface area contributed by atoms with Gasteiger partial charge in [-0.15, -0.1) is 0 Å². The molecule has 2 aliphatic rings. The van der Waals surface area contributed by atoms with E-state index in [1.807, 2.05) is 0 Å². The third-order valence-electron chi connectivity index (χ3n) is 3.49. The van der Waals surface area contributed by atoms with Crippen LogP contribution in [0.4, 0.5) is 0 Å². The fraction of sp³-hybridized carbons (Fsp3) is 0.667. The quantitative estimate of drug-likeness (QED) is 0.486. The van der Waals surface area contributed by atoms with Crippen molar-refractivity contribution in [1.82, 2.24) is 4.90 Å². The van der Waals surface area contributed by atoms with E-state index in [9.17, 15) is 9.59 Å². The molecule has 2 rings (SSSR count). The Kier molecular flexibility index (Phi) is 2.89. The molecule has 3 heteroatoms. The van der Waals surface area contributed by atoms with Crippen LogP contribution in [0.25, 0.3) is 0 Å². The van der Waals surface area contributed by atoms with E-state index in [0.717, 1.165) is 19.3 Å². The molecule has 15 heavy (non-hydrogen) atoms. The van der Waals surface area contributed by atoms with Gasteiger partial charge in [-0.3, -0.25) is 14.5 Å². The van der Waals surface area contributed by atoms with Gasteiger partial charge in [0, 0.05) is 18.2 Å². The Morgan fingerprint density at radius 2 is 1.67 bits per heavy atom. The predicted octanol–water partition coefficient (Wildman–Crippen LogP) is 1.88. The van der Waals surface area contributed by atoms with Crippen molar-refractivity contribution in [1.29, 1.82) is 0 Å². The zero-order valence-electron chi connectivity index (χ0n) is 9.11. The summed E-state index contributed by atoms with van der Waals surface area (Å²) in [5, 5.41) is 0. The van der Waals surface area contributed by atoms with Crippen molar-refractivity contribution in [2.75, 3.05) is 0 Å². The Bertz CT molecular complexity index is 291. The van der Waals surface area contributed by atoms with Crippen molar-refractivity contribution in [3.05, 3.63) is 12.2 Å². The van der Waals surface area contributed by atoms with Gasteiger partial charge in [0.15, 0.2) is 0 Å². The van der Waals surface area contributed by atoms with Gasteiger partial charge in [-0.05, 0) is 18.8 Å². The Labute approximate surface area is 90.1 Å². The Morgan fingerprint density at radius 3 is 2.33 bits per heavy atom. The summed E-state index contributed by atoms with van der Waals surface area (Å²) >= 11 is 0. The summed E-state index contributed by atoms with van der Waals surface area (Å²) in [5.74, 6) is 0.192. The van der Waals surface area contributed by atoms with Crippen LogP contribution in [0.15, 0.2) is 12.2 Å². The Balaban J connectivity index is 2.14. The average molecular weight is 207 g/mol. The lowest BCUT2D eigenvalue weighted by Gasteiger charge is -2.29. The molecule has 0 aromatic heterocycles. The highest BCUT2D eigenvalue weighted by molar-refractivity contribution is 6.13. The summed E-state index contributed by atoms with van der Waals surface area (Å²) in [6.07, 6.45) is 8.46. The van der Waals surface area contributed by atoms with Crippen molar-refractivity contribution in [2.45, 2.75) is 45.1 Å². The predicted molar refractivity (Wildman–Crippen MR) is 57.0 cm³/mol. The third kappa shape index (κ3) is 1.96. The van der Waals surface area contributed by atoms with Crippen LogP contribution in [0.3, 0.4) is 0 Å². The van der Waals surface area contributed by atoms with Gasteiger partial charge >= 0.3 is 0 Å². The molecule has 2 unspecified atom stereocenters. The lowest BCUT2D eigenvalue weighted by molar-refractivity contribution is -0.140. The fourth-order valence-electron chi connectivity index (χ4n) is 2.60. The molecule has 0 bridgehead atoms. The second kappa shape index (κ2) is 4.17. The first-order valence-corrected chi connectivity index (χ1v) is 5.75. The summed E-state index contributed by atoms with van der Waals surface area (Å²) in [7, 11) is 0. The monoisotopic (exact) mass is 207 g/mol. The summed E-state index contributed by atoms with van der Waals surface area (Å²) in [4.78, 5) is 24.6. The van der Waals surface area contributed by atoms with Crippen LogP contribution in [-0.2, 0) is 9.59 Å². The highest BCUT2D eigenvalue weighted by atomic mass is 16.2. The van der Waals surface area contributed by atoms with Crippen LogP contribution in [0.1, 0.15) is 39.0 Å². The summed E-state index contributed by atoms with van der Waals surface area (Å²) in [5.41, 5.74) is 0. The number of hydrogen-bond acceptors (Lipinski definition) is 2. The number of rotatable bonds is 1. The minimum Gasteiger partial charge on any atom is -0.272 e. The molecule has 0 saturated heterocycles. The first-order valence-electron chi connectivity index (χ1n) is 5.75. The number of carbonyl (C=O) groups is 2. The zero-order chi connectivity index (χ0) is 10.8. The third-order valence-corrected chi connectivity index (χ3v) is 3.49. The molecule has 1 aliphatic carbocycles. The normalized spacial score (nSPS) is 32.2. The summed E-state index contributed by atoms with van der Waals surface area (Å²) in [6.45, 7) is 2.15. The maximum absolute atomic E-state index is 11.6. The van der Waals surface area contributed by atoms with Crippen LogP contribution in [-0.4, -0.2) is 22.8 Å². The average Bonchev–Trinajstić information content (AvgIpc) is 2.42. The number of hydrogen-bond donors (Lipinski definition) is 0. The molecule has 0 aromatic carbocycles. The van der Waals surface area contributed by atoms with Crippen molar-refractivity contribution in [3.63, 3.8) is 0 Å². The van der Waals surface area contributed by atoms with E-state index in [1.54, 1.807) is 0 Å². The second-order valence-corrected chi connectivity index (χ2v) is 4.56. The molecule has 0 aromatic rings. The maximum atomic E-state index is 11.6. The first-order chi connectivity index (χ1) is 7.20. The molecular weight excluding hydrogens is 190 g/mol. The fourth-order valence-corrected chi connectivity index (χ4v) is 2.60. The van der Waals surface area contributed by atoms with E-state index in [0.29, 0.717) is 5.92 Å². The topological polar surface area (TPSA) is 37.4 Å². The van der Waals surface area contributed by atoms with Crippen molar-refractivity contribution in [2.24, 2.45) is 5.92 Å². The smallest absolute Gasteiger partial charge is 0.253 e. The highest BCUT2D eigenvalue weighted by Crippen LogP contribution is 2.28. The SMILES string of the molecule is CC1CCCCCC1N1C(=O)C=CC1=O. The molecule has 2 atom stereocenters. The maximum Gasteiger partial charge on any atom is 0.253 e. The Morgan fingerprint density at radius 1 is 1.07 bits per heavy atom. The van der Waals surface area contributed by atoms with E-state index in [2.05, 4.69) is 6.92 Å². The zero-order valence-corrected chi connectivity index (χ0v) is 9.11. The van der Waals surface area contributed by atoms with E-state index in [1.165, 1.54) is 29.9 Å². The van der Waals surface area contributed by atoms with Gasteiger partial charge in [0.1, 0.15) is 0 Å². The van der Waals surface area contributed by atoms with Gasteiger partial charge in [0.2, 0.25) is 0 Å². The van der Waals surface area contributed by atoms with E-state index < -0.39 is 0 Å². The van der Waals surface area contributed by atoms with Crippen LogP contribution in [0, 0.1) is 5.92 Å². The van der Waals surface area contributed by atoms with Gasteiger partial charge in [0.05, 0.1) is 0 Å². The van der Waals surface area contributed by atoms with Crippen LogP contribution >= 0.6 is 0 Å². The molecule has 1 fully saturated rings. The highest BCUT2D eigenvalue weighted by Gasteiger charge is 2.34. The molecule has 0 radical (unpaired) electrons. The summed E-state index contributed by atoms with van der Waals surface area (Å²) < 4.78 is 0. The molecule has 1 heterocycles. The van der Waals surface area contributed by atoms with E-state index >= 15 is 0 Å². The number of nitrogens with zero attached hydrogens (tertiary/aromatic N) is 1. The largest absolute Gasteiger partial charge is 0.272 e. The minimum atomic E-state index is -0.126. The first kappa shape index (κ1) is 10.4. The van der Waals surface area contributed by atoms with Gasteiger partial charge in [0.25, 0.3) is 11.8 Å². The van der Waals surface area contributed by atoms with Crippen molar-refractivity contribution >= 4 is 11.8 Å². The van der Waals surface area contributed by atoms with E-state index in [4.69, 9.17) is 0 Å². The van der Waals surface area contributed by atoms with Crippen LogP contribution in [0.5, 0.6) is 0 Å². The van der Waals surface area contributed by atoms with Gasteiger partial charge in [-0.2, -0.15) is 0 Å². The standard InChI is InChI=1S/C12H17NO2/c1-9-5-3-2-4-6-10(9)13-11(14)7-8-12(13)15/h7-10H,2-6H2,1H3. The van der Waals surface area contributed by atoms with Crippen LogP contribution in [0.2, 0.25) is 0 Å². The lowest BCUT2D eigenvalue weighted by atomic mass is 9.95. The Hall–Kier alpha value is -1.12. The minimum absolute atomic E-state index is 0.126.